The molecule has 0 bridgehead atoms. The molecule has 0 unspecified atom stereocenters. The number of hydrogen-bond acceptors (Lipinski definition) is 5. The third kappa shape index (κ3) is 4.66. The Morgan fingerprint density at radius 2 is 1.74 bits per heavy atom. The number of hydrogen-bond donors (Lipinski definition) is 0. The first-order chi connectivity index (χ1) is 15.2. The number of aryl methyl sites for hydroxylation is 2. The van der Waals surface area contributed by atoms with Gasteiger partial charge in [-0.15, -0.1) is 10.2 Å². The lowest BCUT2D eigenvalue weighted by Gasteiger charge is -2.26. The maximum atomic E-state index is 12.8. The number of piperidine rings is 1. The minimum Gasteiger partial charge on any atom is -0.342 e. The molecule has 0 saturated carbocycles. The summed E-state index contributed by atoms with van der Waals surface area (Å²) in [4.78, 5) is 19.0. The fraction of sp³-hybridized carbons (Fsp3) is 0.417. The van der Waals surface area contributed by atoms with E-state index in [4.69, 9.17) is 0 Å². The van der Waals surface area contributed by atoms with Crippen molar-refractivity contribution in [1.29, 1.82) is 0 Å². The Kier molecular flexibility index (Phi) is 7.02. The van der Waals surface area contributed by atoms with E-state index in [2.05, 4.69) is 51.8 Å². The Morgan fingerprint density at radius 1 is 1.00 bits per heavy atom. The van der Waals surface area contributed by atoms with Gasteiger partial charge in [0.2, 0.25) is 5.91 Å². The third-order valence-corrected chi connectivity index (χ3v) is 6.69. The van der Waals surface area contributed by atoms with Gasteiger partial charge in [0.25, 0.3) is 0 Å². The van der Waals surface area contributed by atoms with E-state index in [0.717, 1.165) is 61.0 Å². The van der Waals surface area contributed by atoms with Crippen molar-refractivity contribution in [2.45, 2.75) is 51.1 Å². The SMILES string of the molecule is CCc1cccc(CC)c1-n1c(SCC(=O)N2CCCCC2)nnc1-c1cccnc1. The van der Waals surface area contributed by atoms with Crippen molar-refractivity contribution in [3.8, 4) is 17.1 Å². The van der Waals surface area contributed by atoms with Gasteiger partial charge in [-0.25, -0.2) is 0 Å². The summed E-state index contributed by atoms with van der Waals surface area (Å²) in [7, 11) is 0. The molecule has 0 atom stereocenters. The lowest BCUT2D eigenvalue weighted by molar-refractivity contribution is -0.129. The van der Waals surface area contributed by atoms with E-state index >= 15 is 0 Å². The number of nitrogens with zero attached hydrogens (tertiary/aromatic N) is 5. The topological polar surface area (TPSA) is 63.9 Å². The monoisotopic (exact) mass is 435 g/mol. The van der Waals surface area contributed by atoms with Gasteiger partial charge in [-0.3, -0.25) is 14.3 Å². The molecule has 0 spiro atoms. The van der Waals surface area contributed by atoms with Gasteiger partial charge < -0.3 is 4.90 Å². The number of pyridine rings is 1. The number of carbonyl (C=O) groups is 1. The Balaban J connectivity index is 1.74. The van der Waals surface area contributed by atoms with E-state index in [1.165, 1.54) is 29.3 Å². The van der Waals surface area contributed by atoms with Gasteiger partial charge in [0.1, 0.15) is 0 Å². The fourth-order valence-corrected chi connectivity index (χ4v) is 4.95. The average Bonchev–Trinajstić information content (AvgIpc) is 3.26. The number of likely N-dealkylation sites (tertiary alicyclic amines) is 1. The summed E-state index contributed by atoms with van der Waals surface area (Å²) in [5.74, 6) is 1.32. The lowest BCUT2D eigenvalue weighted by atomic mass is 10.0. The standard InChI is InChI=1S/C24H29N5OS/c1-3-18-10-8-11-19(4-2)22(18)29-23(20-12-9-13-25-16-20)26-27-24(29)31-17-21(30)28-14-6-5-7-15-28/h8-13,16H,3-7,14-15,17H2,1-2H3. The van der Waals surface area contributed by atoms with Gasteiger partial charge in [-0.1, -0.05) is 43.8 Å². The molecule has 2 aromatic heterocycles. The predicted molar refractivity (Wildman–Crippen MR) is 125 cm³/mol. The highest BCUT2D eigenvalue weighted by Crippen LogP contribution is 2.32. The molecule has 0 aliphatic carbocycles. The molecule has 6 nitrogen and oxygen atoms in total. The molecule has 1 fully saturated rings. The quantitative estimate of drug-likeness (QED) is 0.509. The maximum absolute atomic E-state index is 12.8. The Morgan fingerprint density at radius 3 is 2.39 bits per heavy atom. The highest BCUT2D eigenvalue weighted by molar-refractivity contribution is 7.99. The second-order valence-electron chi connectivity index (χ2n) is 7.75. The fourth-order valence-electron chi connectivity index (χ4n) is 4.11. The van der Waals surface area contributed by atoms with Crippen molar-refractivity contribution in [2.24, 2.45) is 0 Å². The maximum Gasteiger partial charge on any atom is 0.233 e. The second-order valence-corrected chi connectivity index (χ2v) is 8.69. The molecule has 0 N–H and O–H groups in total. The van der Waals surface area contributed by atoms with E-state index in [1.54, 1.807) is 6.20 Å². The molecule has 0 radical (unpaired) electrons. The smallest absolute Gasteiger partial charge is 0.233 e. The molecule has 3 heterocycles. The summed E-state index contributed by atoms with van der Waals surface area (Å²) in [5.41, 5.74) is 4.53. The number of benzene rings is 1. The van der Waals surface area contributed by atoms with Crippen LogP contribution in [0.3, 0.4) is 0 Å². The Labute approximate surface area is 188 Å². The summed E-state index contributed by atoms with van der Waals surface area (Å²) < 4.78 is 2.13. The average molecular weight is 436 g/mol. The third-order valence-electron chi connectivity index (χ3n) is 5.78. The van der Waals surface area contributed by atoms with Gasteiger partial charge in [-0.2, -0.15) is 0 Å². The van der Waals surface area contributed by atoms with Crippen LogP contribution in [-0.4, -0.2) is 49.4 Å². The number of para-hydroxylation sites is 1. The van der Waals surface area contributed by atoms with Gasteiger partial charge in [-0.05, 0) is 55.4 Å². The summed E-state index contributed by atoms with van der Waals surface area (Å²) in [5, 5.41) is 9.80. The van der Waals surface area contributed by atoms with Crippen LogP contribution in [0.25, 0.3) is 17.1 Å². The van der Waals surface area contributed by atoms with Gasteiger partial charge in [0.15, 0.2) is 11.0 Å². The van der Waals surface area contributed by atoms with Gasteiger partial charge >= 0.3 is 0 Å². The molecule has 4 rings (SSSR count). The first-order valence-electron chi connectivity index (χ1n) is 11.1. The first kappa shape index (κ1) is 21.6. The summed E-state index contributed by atoms with van der Waals surface area (Å²) in [6.07, 6.45) is 8.80. The van der Waals surface area contributed by atoms with Crippen LogP contribution < -0.4 is 0 Å². The number of thioether (sulfide) groups is 1. The molecular weight excluding hydrogens is 406 g/mol. The number of rotatable bonds is 7. The van der Waals surface area contributed by atoms with Crippen LogP contribution in [0.4, 0.5) is 0 Å². The molecule has 1 amide bonds. The van der Waals surface area contributed by atoms with Gasteiger partial charge in [0.05, 0.1) is 11.4 Å². The zero-order valence-corrected chi connectivity index (χ0v) is 19.1. The number of amides is 1. The van der Waals surface area contributed by atoms with Crippen LogP contribution in [-0.2, 0) is 17.6 Å². The van der Waals surface area contributed by atoms with Crippen molar-refractivity contribution in [1.82, 2.24) is 24.6 Å². The van der Waals surface area contributed by atoms with Crippen LogP contribution in [0, 0.1) is 0 Å². The van der Waals surface area contributed by atoms with Crippen molar-refractivity contribution in [3.63, 3.8) is 0 Å². The Hall–Kier alpha value is -2.67. The normalized spacial score (nSPS) is 14.1. The number of aromatic nitrogens is 4. The molecular formula is C24H29N5OS. The Bertz CT molecular complexity index is 1010. The molecule has 1 aliphatic rings. The van der Waals surface area contributed by atoms with Crippen molar-refractivity contribution in [2.75, 3.05) is 18.8 Å². The van der Waals surface area contributed by atoms with E-state index < -0.39 is 0 Å². The first-order valence-corrected chi connectivity index (χ1v) is 12.1. The van der Waals surface area contributed by atoms with E-state index in [1.807, 2.05) is 23.2 Å². The summed E-state index contributed by atoms with van der Waals surface area (Å²) >= 11 is 1.48. The number of carbonyl (C=O) groups excluding carboxylic acids is 1. The zero-order valence-electron chi connectivity index (χ0n) is 18.3. The molecule has 3 aromatic rings. The van der Waals surface area contributed by atoms with E-state index in [9.17, 15) is 4.79 Å². The van der Waals surface area contributed by atoms with Crippen molar-refractivity contribution in [3.05, 3.63) is 53.9 Å². The highest BCUT2D eigenvalue weighted by atomic mass is 32.2. The largest absolute Gasteiger partial charge is 0.342 e. The minimum absolute atomic E-state index is 0.182. The minimum atomic E-state index is 0.182. The predicted octanol–water partition coefficient (Wildman–Crippen LogP) is 4.56. The molecule has 31 heavy (non-hydrogen) atoms. The van der Waals surface area contributed by atoms with Crippen molar-refractivity contribution >= 4 is 17.7 Å². The van der Waals surface area contributed by atoms with Crippen LogP contribution in [0.15, 0.2) is 47.9 Å². The zero-order chi connectivity index (χ0) is 21.6. The molecule has 1 aromatic carbocycles. The van der Waals surface area contributed by atoms with Crippen LogP contribution >= 0.6 is 11.8 Å². The molecule has 1 aliphatic heterocycles. The van der Waals surface area contributed by atoms with E-state index in [0.29, 0.717) is 5.75 Å². The van der Waals surface area contributed by atoms with Crippen molar-refractivity contribution < 1.29 is 4.79 Å². The lowest BCUT2D eigenvalue weighted by Crippen LogP contribution is -2.36. The molecule has 7 heteroatoms. The molecule has 1 saturated heterocycles. The molecule has 162 valence electrons. The highest BCUT2D eigenvalue weighted by Gasteiger charge is 2.23. The van der Waals surface area contributed by atoms with Crippen LogP contribution in [0.5, 0.6) is 0 Å². The summed E-state index contributed by atoms with van der Waals surface area (Å²) in [6, 6.07) is 10.3. The van der Waals surface area contributed by atoms with Crippen LogP contribution in [0.1, 0.15) is 44.2 Å². The second kappa shape index (κ2) is 10.1. The summed E-state index contributed by atoms with van der Waals surface area (Å²) in [6.45, 7) is 6.06. The van der Waals surface area contributed by atoms with Crippen LogP contribution in [0.2, 0.25) is 0 Å². The van der Waals surface area contributed by atoms with E-state index in [-0.39, 0.29) is 5.91 Å². The van der Waals surface area contributed by atoms with Gasteiger partial charge in [0, 0.05) is 31.0 Å².